The van der Waals surface area contributed by atoms with Crippen LogP contribution in [0.3, 0.4) is 0 Å². The molecular formula is C12H26N2O2. The van der Waals surface area contributed by atoms with Gasteiger partial charge in [0.25, 0.3) is 0 Å². The monoisotopic (exact) mass is 230 g/mol. The van der Waals surface area contributed by atoms with Crippen molar-refractivity contribution >= 4 is 6.09 Å². The third-order valence-electron chi connectivity index (χ3n) is 1.93. The van der Waals surface area contributed by atoms with E-state index in [0.29, 0.717) is 5.92 Å². The molecule has 0 aliphatic rings. The number of hydrogen-bond acceptors (Lipinski definition) is 3. The first-order chi connectivity index (χ1) is 7.24. The fourth-order valence-electron chi connectivity index (χ4n) is 1.48. The van der Waals surface area contributed by atoms with Gasteiger partial charge in [-0.1, -0.05) is 13.8 Å². The smallest absolute Gasteiger partial charge is 0.407 e. The number of nitrogens with one attached hydrogen (secondary N) is 2. The molecule has 1 amide bonds. The summed E-state index contributed by atoms with van der Waals surface area (Å²) in [6, 6.07) is 0.125. The molecule has 0 aliphatic heterocycles. The van der Waals surface area contributed by atoms with E-state index in [4.69, 9.17) is 4.74 Å². The molecule has 0 fully saturated rings. The van der Waals surface area contributed by atoms with E-state index in [1.54, 1.807) is 0 Å². The fraction of sp³-hybridized carbons (Fsp3) is 0.917. The summed E-state index contributed by atoms with van der Waals surface area (Å²) >= 11 is 0. The Kier molecular flexibility index (Phi) is 6.41. The van der Waals surface area contributed by atoms with Crippen molar-refractivity contribution in [1.29, 1.82) is 0 Å². The van der Waals surface area contributed by atoms with Crippen LogP contribution in [0.5, 0.6) is 0 Å². The molecule has 0 heterocycles. The average molecular weight is 230 g/mol. The highest BCUT2D eigenvalue weighted by atomic mass is 16.6. The van der Waals surface area contributed by atoms with Gasteiger partial charge in [-0.15, -0.1) is 0 Å². The first kappa shape index (κ1) is 15.2. The summed E-state index contributed by atoms with van der Waals surface area (Å²) < 4.78 is 5.22. The van der Waals surface area contributed by atoms with Crippen LogP contribution in [0.25, 0.3) is 0 Å². The maximum absolute atomic E-state index is 11.6. The van der Waals surface area contributed by atoms with E-state index < -0.39 is 5.60 Å². The first-order valence-corrected chi connectivity index (χ1v) is 5.88. The molecule has 0 aromatic rings. The Bertz CT molecular complexity index is 210. The summed E-state index contributed by atoms with van der Waals surface area (Å²) in [5.74, 6) is 0.549. The Labute approximate surface area is 99.1 Å². The SMILES string of the molecule is CNCC(CC(C)C)NC(=O)OC(C)(C)C. The summed E-state index contributed by atoms with van der Waals surface area (Å²) in [4.78, 5) is 11.6. The second-order valence-electron chi connectivity index (χ2n) is 5.53. The number of rotatable bonds is 5. The molecule has 0 aliphatic carbocycles. The molecule has 0 aromatic heterocycles. The number of carbonyl (C=O) groups excluding carboxylic acids is 1. The normalized spacial score (nSPS) is 13.7. The van der Waals surface area contributed by atoms with E-state index in [2.05, 4.69) is 24.5 Å². The predicted octanol–water partition coefficient (Wildman–Crippen LogP) is 2.15. The van der Waals surface area contributed by atoms with Crippen LogP contribution in [0, 0.1) is 5.92 Å². The quantitative estimate of drug-likeness (QED) is 0.761. The average Bonchev–Trinajstić information content (AvgIpc) is 1.98. The van der Waals surface area contributed by atoms with Gasteiger partial charge in [-0.25, -0.2) is 4.79 Å². The molecule has 0 bridgehead atoms. The van der Waals surface area contributed by atoms with E-state index in [1.807, 2.05) is 27.8 Å². The molecular weight excluding hydrogens is 204 g/mol. The summed E-state index contributed by atoms with van der Waals surface area (Å²) in [5.41, 5.74) is -0.438. The Morgan fingerprint density at radius 1 is 1.31 bits per heavy atom. The number of alkyl carbamates (subject to hydrolysis) is 1. The molecule has 4 heteroatoms. The van der Waals surface area contributed by atoms with Crippen LogP contribution in [0.15, 0.2) is 0 Å². The van der Waals surface area contributed by atoms with Crippen molar-refractivity contribution in [3.05, 3.63) is 0 Å². The van der Waals surface area contributed by atoms with Crippen LogP contribution in [0.1, 0.15) is 41.0 Å². The molecule has 2 N–H and O–H groups in total. The van der Waals surface area contributed by atoms with Gasteiger partial charge in [0.05, 0.1) is 0 Å². The lowest BCUT2D eigenvalue weighted by Gasteiger charge is -2.24. The van der Waals surface area contributed by atoms with Crippen LogP contribution in [-0.4, -0.2) is 31.3 Å². The molecule has 0 aromatic carbocycles. The predicted molar refractivity (Wildman–Crippen MR) is 66.5 cm³/mol. The highest BCUT2D eigenvalue weighted by Gasteiger charge is 2.19. The zero-order valence-corrected chi connectivity index (χ0v) is 11.4. The van der Waals surface area contributed by atoms with Gasteiger partial charge < -0.3 is 15.4 Å². The molecule has 1 unspecified atom stereocenters. The Hall–Kier alpha value is -0.770. The van der Waals surface area contributed by atoms with E-state index in [-0.39, 0.29) is 12.1 Å². The van der Waals surface area contributed by atoms with E-state index in [1.165, 1.54) is 0 Å². The molecule has 0 rings (SSSR count). The Balaban J connectivity index is 4.12. The van der Waals surface area contributed by atoms with Crippen LogP contribution >= 0.6 is 0 Å². The fourth-order valence-corrected chi connectivity index (χ4v) is 1.48. The second-order valence-corrected chi connectivity index (χ2v) is 5.53. The van der Waals surface area contributed by atoms with Crippen molar-refractivity contribution in [2.75, 3.05) is 13.6 Å². The van der Waals surface area contributed by atoms with Crippen molar-refractivity contribution in [3.63, 3.8) is 0 Å². The van der Waals surface area contributed by atoms with Crippen LogP contribution in [-0.2, 0) is 4.74 Å². The van der Waals surface area contributed by atoms with Gasteiger partial charge in [0.2, 0.25) is 0 Å². The molecule has 0 saturated carbocycles. The summed E-state index contributed by atoms with van der Waals surface area (Å²) in [6.07, 6.45) is 0.605. The third kappa shape index (κ3) is 8.53. The van der Waals surface area contributed by atoms with E-state index in [9.17, 15) is 4.79 Å². The topological polar surface area (TPSA) is 50.4 Å². The molecule has 4 nitrogen and oxygen atoms in total. The van der Waals surface area contributed by atoms with Crippen molar-refractivity contribution in [1.82, 2.24) is 10.6 Å². The summed E-state index contributed by atoms with van der Waals surface area (Å²) in [6.45, 7) is 10.6. The summed E-state index contributed by atoms with van der Waals surface area (Å²) in [5, 5.41) is 5.95. The van der Waals surface area contributed by atoms with E-state index in [0.717, 1.165) is 13.0 Å². The second kappa shape index (κ2) is 6.74. The zero-order chi connectivity index (χ0) is 12.8. The van der Waals surface area contributed by atoms with Gasteiger partial charge in [-0.3, -0.25) is 0 Å². The molecule has 96 valence electrons. The third-order valence-corrected chi connectivity index (χ3v) is 1.93. The number of likely N-dealkylation sites (N-methyl/N-ethyl adjacent to an activating group) is 1. The summed E-state index contributed by atoms with van der Waals surface area (Å²) in [7, 11) is 1.88. The Morgan fingerprint density at radius 2 is 1.88 bits per heavy atom. The van der Waals surface area contributed by atoms with Gasteiger partial charge in [0, 0.05) is 12.6 Å². The lowest BCUT2D eigenvalue weighted by atomic mass is 10.0. The number of carbonyl (C=O) groups is 1. The number of ether oxygens (including phenoxy) is 1. The number of amides is 1. The lowest BCUT2D eigenvalue weighted by Crippen LogP contribution is -2.44. The highest BCUT2D eigenvalue weighted by Crippen LogP contribution is 2.08. The van der Waals surface area contributed by atoms with Gasteiger partial charge in [0.1, 0.15) is 5.60 Å². The van der Waals surface area contributed by atoms with Crippen molar-refractivity contribution in [2.45, 2.75) is 52.7 Å². The zero-order valence-electron chi connectivity index (χ0n) is 11.4. The molecule has 0 radical (unpaired) electrons. The minimum Gasteiger partial charge on any atom is -0.444 e. The Morgan fingerprint density at radius 3 is 2.25 bits per heavy atom. The molecule has 1 atom stereocenters. The van der Waals surface area contributed by atoms with Crippen molar-refractivity contribution < 1.29 is 9.53 Å². The molecule has 0 saturated heterocycles. The molecule has 0 spiro atoms. The highest BCUT2D eigenvalue weighted by molar-refractivity contribution is 5.68. The lowest BCUT2D eigenvalue weighted by molar-refractivity contribution is 0.0499. The van der Waals surface area contributed by atoms with Gasteiger partial charge in [-0.05, 0) is 40.2 Å². The van der Waals surface area contributed by atoms with Crippen LogP contribution < -0.4 is 10.6 Å². The largest absolute Gasteiger partial charge is 0.444 e. The standard InChI is InChI=1S/C12H26N2O2/c1-9(2)7-10(8-13-6)14-11(15)16-12(3,4)5/h9-10,13H,7-8H2,1-6H3,(H,14,15). The minimum absolute atomic E-state index is 0.125. The van der Waals surface area contributed by atoms with Gasteiger partial charge in [-0.2, -0.15) is 0 Å². The van der Waals surface area contributed by atoms with Crippen molar-refractivity contribution in [2.24, 2.45) is 5.92 Å². The van der Waals surface area contributed by atoms with Crippen molar-refractivity contribution in [3.8, 4) is 0 Å². The van der Waals surface area contributed by atoms with Crippen LogP contribution in [0.4, 0.5) is 4.79 Å². The maximum atomic E-state index is 11.6. The first-order valence-electron chi connectivity index (χ1n) is 5.88. The minimum atomic E-state index is -0.438. The maximum Gasteiger partial charge on any atom is 0.407 e. The van der Waals surface area contributed by atoms with E-state index >= 15 is 0 Å². The van der Waals surface area contributed by atoms with Gasteiger partial charge in [0.15, 0.2) is 0 Å². The van der Waals surface area contributed by atoms with Crippen LogP contribution in [0.2, 0.25) is 0 Å². The molecule has 16 heavy (non-hydrogen) atoms. The number of hydrogen-bond donors (Lipinski definition) is 2. The van der Waals surface area contributed by atoms with Gasteiger partial charge >= 0.3 is 6.09 Å².